The molecule has 23 heavy (non-hydrogen) atoms. The highest BCUT2D eigenvalue weighted by Crippen LogP contribution is 2.35. The van der Waals surface area contributed by atoms with Crippen molar-refractivity contribution in [2.45, 2.75) is 25.2 Å². The minimum atomic E-state index is -4.81. The zero-order valence-corrected chi connectivity index (χ0v) is 12.3. The number of halogens is 3. The summed E-state index contributed by atoms with van der Waals surface area (Å²) >= 11 is 0. The number of ether oxygens (including phenoxy) is 1. The van der Waals surface area contributed by atoms with Crippen LogP contribution in [0.1, 0.15) is 18.9 Å². The number of nitrogens with zero attached hydrogens (tertiary/aromatic N) is 2. The molecule has 0 fully saturated rings. The van der Waals surface area contributed by atoms with Crippen molar-refractivity contribution < 1.29 is 17.9 Å². The Balaban J connectivity index is 2.41. The zero-order valence-electron chi connectivity index (χ0n) is 12.3. The van der Waals surface area contributed by atoms with Gasteiger partial charge in [-0.2, -0.15) is 5.26 Å². The number of anilines is 1. The number of rotatable bonds is 5. The van der Waals surface area contributed by atoms with Crippen molar-refractivity contribution >= 4 is 5.69 Å². The summed E-state index contributed by atoms with van der Waals surface area (Å²) in [5.74, 6) is -0.392. The summed E-state index contributed by atoms with van der Waals surface area (Å²) in [7, 11) is 0. The maximum absolute atomic E-state index is 12.5. The first-order valence-electron chi connectivity index (χ1n) is 6.85. The molecule has 120 valence electrons. The number of hydrogen-bond acceptors (Lipinski definition) is 4. The molecular weight excluding hydrogens is 307 g/mol. The molecule has 0 spiro atoms. The molecule has 1 N–H and O–H groups in total. The molecule has 1 aromatic carbocycles. The highest BCUT2D eigenvalue weighted by Gasteiger charge is 2.35. The van der Waals surface area contributed by atoms with E-state index >= 15 is 0 Å². The second kappa shape index (κ2) is 6.57. The Bertz CT molecular complexity index is 698. The van der Waals surface area contributed by atoms with Gasteiger partial charge in [0.05, 0.1) is 11.8 Å². The normalized spacial score (nSPS) is 13.7. The monoisotopic (exact) mass is 321 g/mol. The van der Waals surface area contributed by atoms with E-state index in [1.54, 1.807) is 31.3 Å². The van der Waals surface area contributed by atoms with Crippen LogP contribution in [0.5, 0.6) is 5.75 Å². The topological polar surface area (TPSA) is 57.9 Å². The van der Waals surface area contributed by atoms with Crippen molar-refractivity contribution in [3.63, 3.8) is 0 Å². The van der Waals surface area contributed by atoms with Gasteiger partial charge in [0.1, 0.15) is 0 Å². The van der Waals surface area contributed by atoms with Crippen LogP contribution in [0.15, 0.2) is 48.8 Å². The van der Waals surface area contributed by atoms with Gasteiger partial charge < -0.3 is 10.1 Å². The van der Waals surface area contributed by atoms with Gasteiger partial charge in [-0.1, -0.05) is 25.1 Å². The average Bonchev–Trinajstić information content (AvgIpc) is 2.54. The lowest BCUT2D eigenvalue weighted by atomic mass is 9.89. The molecule has 0 radical (unpaired) electrons. The van der Waals surface area contributed by atoms with E-state index in [0.717, 1.165) is 0 Å². The molecule has 0 aliphatic rings. The first-order valence-corrected chi connectivity index (χ1v) is 6.85. The smallest absolute Gasteiger partial charge is 0.404 e. The quantitative estimate of drug-likeness (QED) is 0.896. The van der Waals surface area contributed by atoms with Crippen LogP contribution in [-0.4, -0.2) is 11.3 Å². The maximum Gasteiger partial charge on any atom is 0.573 e. The Morgan fingerprint density at radius 3 is 2.52 bits per heavy atom. The third-order valence-corrected chi connectivity index (χ3v) is 3.34. The van der Waals surface area contributed by atoms with Crippen LogP contribution >= 0.6 is 0 Å². The molecule has 2 rings (SSSR count). The lowest BCUT2D eigenvalue weighted by Crippen LogP contribution is -2.33. The fraction of sp³-hybridized carbons (Fsp3) is 0.250. The SMILES string of the molecule is CCC(C#N)(Nc1ccccc1OC(F)(F)F)c1cccnc1. The largest absolute Gasteiger partial charge is 0.573 e. The minimum Gasteiger partial charge on any atom is -0.404 e. The molecule has 1 aromatic heterocycles. The predicted molar refractivity (Wildman–Crippen MR) is 78.6 cm³/mol. The fourth-order valence-electron chi connectivity index (χ4n) is 2.16. The van der Waals surface area contributed by atoms with Gasteiger partial charge in [0, 0.05) is 18.0 Å². The van der Waals surface area contributed by atoms with Crippen LogP contribution in [-0.2, 0) is 5.54 Å². The molecule has 1 atom stereocenters. The maximum atomic E-state index is 12.5. The van der Waals surface area contributed by atoms with Crippen LogP contribution in [0.4, 0.5) is 18.9 Å². The van der Waals surface area contributed by atoms with Gasteiger partial charge in [0.2, 0.25) is 0 Å². The van der Waals surface area contributed by atoms with E-state index in [-0.39, 0.29) is 5.69 Å². The third-order valence-electron chi connectivity index (χ3n) is 3.34. The van der Waals surface area contributed by atoms with Crippen molar-refractivity contribution in [2.75, 3.05) is 5.32 Å². The Morgan fingerprint density at radius 2 is 1.96 bits per heavy atom. The van der Waals surface area contributed by atoms with Crippen LogP contribution in [0.25, 0.3) is 0 Å². The van der Waals surface area contributed by atoms with Crippen LogP contribution in [0, 0.1) is 11.3 Å². The Labute approximate surface area is 131 Å². The summed E-state index contributed by atoms with van der Waals surface area (Å²) in [6, 6.07) is 11.1. The molecule has 2 aromatic rings. The number of hydrogen-bond donors (Lipinski definition) is 1. The number of benzene rings is 1. The lowest BCUT2D eigenvalue weighted by molar-refractivity contribution is -0.274. The summed E-state index contributed by atoms with van der Waals surface area (Å²) in [5.41, 5.74) is -0.567. The molecule has 0 bridgehead atoms. The highest BCUT2D eigenvalue weighted by molar-refractivity contribution is 5.60. The van der Waals surface area contributed by atoms with Gasteiger partial charge in [-0.25, -0.2) is 0 Å². The molecule has 7 heteroatoms. The summed E-state index contributed by atoms with van der Waals surface area (Å²) < 4.78 is 41.6. The molecule has 0 saturated heterocycles. The van der Waals surface area contributed by atoms with Crippen LogP contribution < -0.4 is 10.1 Å². The van der Waals surface area contributed by atoms with Gasteiger partial charge in [-0.3, -0.25) is 4.98 Å². The van der Waals surface area contributed by atoms with E-state index in [1.165, 1.54) is 24.4 Å². The summed E-state index contributed by atoms with van der Waals surface area (Å²) in [6.07, 6.45) is -1.42. The van der Waals surface area contributed by atoms with Gasteiger partial charge >= 0.3 is 6.36 Å². The van der Waals surface area contributed by atoms with E-state index in [0.29, 0.717) is 12.0 Å². The Hall–Kier alpha value is -2.75. The van der Waals surface area contributed by atoms with Crippen molar-refractivity contribution in [3.8, 4) is 11.8 Å². The molecule has 0 saturated carbocycles. The number of para-hydroxylation sites is 2. The average molecular weight is 321 g/mol. The first-order chi connectivity index (χ1) is 10.9. The van der Waals surface area contributed by atoms with Gasteiger partial charge in [0.25, 0.3) is 0 Å². The van der Waals surface area contributed by atoms with Crippen molar-refractivity contribution in [1.29, 1.82) is 5.26 Å². The summed E-state index contributed by atoms with van der Waals surface area (Å²) in [4.78, 5) is 3.97. The van der Waals surface area contributed by atoms with Crippen molar-refractivity contribution in [2.24, 2.45) is 0 Å². The van der Waals surface area contributed by atoms with E-state index in [9.17, 15) is 18.4 Å². The van der Waals surface area contributed by atoms with Crippen LogP contribution in [0.2, 0.25) is 0 Å². The van der Waals surface area contributed by atoms with E-state index in [1.807, 2.05) is 0 Å². The zero-order chi connectivity index (χ0) is 16.9. The standard InChI is InChI=1S/C16H14F3N3O/c1-2-15(11-20,12-6-5-9-21-10-12)22-13-7-3-4-8-14(13)23-16(17,18)19/h3-10,22H,2H2,1H3. The first kappa shape index (κ1) is 16.6. The Morgan fingerprint density at radius 1 is 1.22 bits per heavy atom. The third kappa shape index (κ3) is 3.92. The van der Waals surface area contributed by atoms with Crippen molar-refractivity contribution in [1.82, 2.24) is 4.98 Å². The Kier molecular flexibility index (Phi) is 4.74. The predicted octanol–water partition coefficient (Wildman–Crippen LogP) is 4.22. The van der Waals surface area contributed by atoms with Crippen LogP contribution in [0.3, 0.4) is 0 Å². The summed E-state index contributed by atoms with van der Waals surface area (Å²) in [6.45, 7) is 1.76. The minimum absolute atomic E-state index is 0.0806. The molecule has 0 aliphatic carbocycles. The van der Waals surface area contributed by atoms with Gasteiger partial charge in [-0.15, -0.1) is 13.2 Å². The lowest BCUT2D eigenvalue weighted by Gasteiger charge is -2.29. The molecule has 1 heterocycles. The van der Waals surface area contributed by atoms with Gasteiger partial charge in [0.15, 0.2) is 11.3 Å². The number of alkyl halides is 3. The molecule has 1 unspecified atom stereocenters. The highest BCUT2D eigenvalue weighted by atomic mass is 19.4. The molecule has 4 nitrogen and oxygen atoms in total. The number of pyridine rings is 1. The second-order valence-electron chi connectivity index (χ2n) is 4.78. The van der Waals surface area contributed by atoms with E-state index in [4.69, 9.17) is 0 Å². The number of nitriles is 1. The van der Waals surface area contributed by atoms with E-state index in [2.05, 4.69) is 21.1 Å². The fourth-order valence-corrected chi connectivity index (χ4v) is 2.16. The van der Waals surface area contributed by atoms with E-state index < -0.39 is 17.7 Å². The van der Waals surface area contributed by atoms with Crippen molar-refractivity contribution in [3.05, 3.63) is 54.4 Å². The second-order valence-corrected chi connectivity index (χ2v) is 4.78. The molecule has 0 amide bonds. The summed E-state index contributed by atoms with van der Waals surface area (Å²) in [5, 5.41) is 12.5. The van der Waals surface area contributed by atoms with Gasteiger partial charge in [-0.05, 0) is 24.6 Å². The number of nitrogens with one attached hydrogen (secondary N) is 1. The number of aromatic nitrogens is 1. The molecular formula is C16H14F3N3O. The molecule has 0 aliphatic heterocycles.